The molecule has 0 bridgehead atoms. The maximum absolute atomic E-state index is 12.9. The van der Waals surface area contributed by atoms with E-state index in [0.29, 0.717) is 12.5 Å². The van der Waals surface area contributed by atoms with Crippen molar-refractivity contribution in [3.8, 4) is 0 Å². The molecule has 1 aliphatic rings. The van der Waals surface area contributed by atoms with Crippen molar-refractivity contribution in [2.75, 3.05) is 6.54 Å². The fourth-order valence-electron chi connectivity index (χ4n) is 4.29. The summed E-state index contributed by atoms with van der Waals surface area (Å²) in [7, 11) is 0. The van der Waals surface area contributed by atoms with Crippen molar-refractivity contribution in [3.05, 3.63) is 87.9 Å². The van der Waals surface area contributed by atoms with Gasteiger partial charge in [0.1, 0.15) is 5.01 Å². The maximum Gasteiger partial charge on any atom is 0.237 e. The van der Waals surface area contributed by atoms with Gasteiger partial charge in [0, 0.05) is 11.6 Å². The van der Waals surface area contributed by atoms with E-state index in [1.165, 1.54) is 16.7 Å². The molecule has 3 aromatic rings. The normalized spacial score (nSPS) is 18.5. The lowest BCUT2D eigenvalue weighted by molar-refractivity contribution is -0.134. The van der Waals surface area contributed by atoms with E-state index in [0.717, 1.165) is 24.3 Å². The third kappa shape index (κ3) is 4.01. The van der Waals surface area contributed by atoms with Gasteiger partial charge in [0.2, 0.25) is 5.91 Å². The van der Waals surface area contributed by atoms with Crippen molar-refractivity contribution in [1.82, 2.24) is 9.88 Å². The van der Waals surface area contributed by atoms with Crippen LogP contribution in [0.25, 0.3) is 0 Å². The average molecular weight is 392 g/mol. The van der Waals surface area contributed by atoms with Crippen LogP contribution in [0.3, 0.4) is 0 Å². The molecule has 0 saturated heterocycles. The second-order valence-electron chi connectivity index (χ2n) is 7.28. The van der Waals surface area contributed by atoms with E-state index in [2.05, 4.69) is 53.5 Å². The Morgan fingerprint density at radius 3 is 2.68 bits per heavy atom. The summed E-state index contributed by atoms with van der Waals surface area (Å²) in [6.07, 6.45) is 4.85. The minimum atomic E-state index is -0.0186. The molecule has 1 aromatic heterocycles. The van der Waals surface area contributed by atoms with Gasteiger partial charge in [0.25, 0.3) is 0 Å². The van der Waals surface area contributed by atoms with Gasteiger partial charge >= 0.3 is 0 Å². The van der Waals surface area contributed by atoms with Gasteiger partial charge in [-0.05, 0) is 41.9 Å². The Bertz CT molecular complexity index is 911. The van der Waals surface area contributed by atoms with Crippen molar-refractivity contribution >= 4 is 17.2 Å². The molecule has 0 saturated carbocycles. The first-order valence-electron chi connectivity index (χ1n) is 9.76. The molecule has 1 heterocycles. The minimum Gasteiger partial charge on any atom is -0.327 e. The maximum atomic E-state index is 12.9. The molecule has 0 unspecified atom stereocenters. The number of amides is 1. The van der Waals surface area contributed by atoms with Gasteiger partial charge in [-0.15, -0.1) is 11.3 Å². The van der Waals surface area contributed by atoms with Crippen molar-refractivity contribution in [1.29, 1.82) is 0 Å². The molecule has 0 fully saturated rings. The number of aryl methyl sites for hydroxylation is 1. The zero-order valence-corrected chi connectivity index (χ0v) is 16.6. The molecule has 1 aliphatic carbocycles. The highest BCUT2D eigenvalue weighted by atomic mass is 32.1. The number of nitrogens with zero attached hydrogens (tertiary/aromatic N) is 2. The highest BCUT2D eigenvalue weighted by molar-refractivity contribution is 7.09. The second-order valence-corrected chi connectivity index (χ2v) is 8.26. The first kappa shape index (κ1) is 18.8. The fraction of sp³-hybridized carbons (Fsp3) is 0.304. The SMILES string of the molecule is NCC(=O)N(Cc1nccs1)[C@@H]1c2ccccc2CC[C@H]1Cc1ccccc1. The van der Waals surface area contributed by atoms with E-state index in [9.17, 15) is 4.79 Å². The number of thiazole rings is 1. The van der Waals surface area contributed by atoms with Crippen LogP contribution >= 0.6 is 11.3 Å². The molecule has 5 heteroatoms. The summed E-state index contributed by atoms with van der Waals surface area (Å²) in [6, 6.07) is 19.1. The quantitative estimate of drug-likeness (QED) is 0.691. The Labute approximate surface area is 170 Å². The van der Waals surface area contributed by atoms with E-state index in [4.69, 9.17) is 5.73 Å². The number of benzene rings is 2. The number of hydrogen-bond acceptors (Lipinski definition) is 4. The summed E-state index contributed by atoms with van der Waals surface area (Å²) in [6.45, 7) is 0.528. The number of hydrogen-bond donors (Lipinski definition) is 1. The highest BCUT2D eigenvalue weighted by Gasteiger charge is 2.36. The number of nitrogens with two attached hydrogens (primary N) is 1. The zero-order valence-electron chi connectivity index (χ0n) is 15.8. The fourth-order valence-corrected chi connectivity index (χ4v) is 4.91. The first-order chi connectivity index (χ1) is 13.8. The third-order valence-corrected chi connectivity index (χ3v) is 6.33. The predicted molar refractivity (Wildman–Crippen MR) is 113 cm³/mol. The highest BCUT2D eigenvalue weighted by Crippen LogP contribution is 2.41. The van der Waals surface area contributed by atoms with Crippen LogP contribution in [0.5, 0.6) is 0 Å². The molecule has 4 nitrogen and oxygen atoms in total. The van der Waals surface area contributed by atoms with Gasteiger partial charge in [-0.3, -0.25) is 4.79 Å². The molecule has 0 aliphatic heterocycles. The lowest BCUT2D eigenvalue weighted by Crippen LogP contribution is -2.43. The summed E-state index contributed by atoms with van der Waals surface area (Å²) in [5.74, 6) is 0.336. The zero-order chi connectivity index (χ0) is 19.3. The van der Waals surface area contributed by atoms with Crippen LogP contribution in [0.2, 0.25) is 0 Å². The molecule has 0 radical (unpaired) electrons. The summed E-state index contributed by atoms with van der Waals surface area (Å²) >= 11 is 1.58. The van der Waals surface area contributed by atoms with Crippen molar-refractivity contribution in [2.24, 2.45) is 11.7 Å². The number of rotatable bonds is 6. The van der Waals surface area contributed by atoms with Crippen LogP contribution < -0.4 is 5.73 Å². The van der Waals surface area contributed by atoms with Gasteiger partial charge < -0.3 is 10.6 Å². The lowest BCUT2D eigenvalue weighted by atomic mass is 9.76. The summed E-state index contributed by atoms with van der Waals surface area (Å²) < 4.78 is 0. The van der Waals surface area contributed by atoms with Crippen molar-refractivity contribution in [3.63, 3.8) is 0 Å². The van der Waals surface area contributed by atoms with Gasteiger partial charge in [-0.2, -0.15) is 0 Å². The second kappa shape index (κ2) is 8.67. The number of fused-ring (bicyclic) bond motifs is 1. The predicted octanol–water partition coefficient (Wildman–Crippen LogP) is 3.98. The van der Waals surface area contributed by atoms with Crippen molar-refractivity contribution < 1.29 is 4.79 Å². The molecular weight excluding hydrogens is 366 g/mol. The third-order valence-electron chi connectivity index (χ3n) is 5.57. The largest absolute Gasteiger partial charge is 0.327 e. The van der Waals surface area contributed by atoms with Crippen molar-refractivity contribution in [2.45, 2.75) is 31.8 Å². The van der Waals surface area contributed by atoms with Crippen LogP contribution in [0.15, 0.2) is 66.2 Å². The Morgan fingerprint density at radius 1 is 1.14 bits per heavy atom. The van der Waals surface area contributed by atoms with Crippen LogP contribution in [-0.2, 0) is 24.2 Å². The van der Waals surface area contributed by atoms with E-state index < -0.39 is 0 Å². The Hall–Kier alpha value is -2.50. The Kier molecular flexibility index (Phi) is 5.84. The van der Waals surface area contributed by atoms with Gasteiger partial charge in [0.05, 0.1) is 19.1 Å². The molecular formula is C23H25N3OS. The topological polar surface area (TPSA) is 59.2 Å². The molecule has 144 valence electrons. The van der Waals surface area contributed by atoms with Crippen LogP contribution in [-0.4, -0.2) is 22.3 Å². The Morgan fingerprint density at radius 2 is 1.93 bits per heavy atom. The molecule has 4 rings (SSSR count). The molecule has 1 amide bonds. The molecule has 2 aromatic carbocycles. The van der Waals surface area contributed by atoms with E-state index in [1.807, 2.05) is 16.3 Å². The summed E-state index contributed by atoms with van der Waals surface area (Å²) in [4.78, 5) is 19.3. The molecule has 28 heavy (non-hydrogen) atoms. The average Bonchev–Trinajstić information content (AvgIpc) is 3.26. The van der Waals surface area contributed by atoms with Gasteiger partial charge in [-0.1, -0.05) is 54.6 Å². The summed E-state index contributed by atoms with van der Waals surface area (Å²) in [5, 5.41) is 2.90. The summed E-state index contributed by atoms with van der Waals surface area (Å²) in [5.41, 5.74) is 9.73. The van der Waals surface area contributed by atoms with Crippen LogP contribution in [0.1, 0.15) is 34.2 Å². The van der Waals surface area contributed by atoms with E-state index in [-0.39, 0.29) is 18.5 Å². The smallest absolute Gasteiger partial charge is 0.237 e. The minimum absolute atomic E-state index is 0.0160. The Balaban J connectivity index is 1.72. The van der Waals surface area contributed by atoms with Gasteiger partial charge in [-0.25, -0.2) is 4.98 Å². The number of carbonyl (C=O) groups is 1. The number of carbonyl (C=O) groups excluding carboxylic acids is 1. The van der Waals surface area contributed by atoms with Crippen LogP contribution in [0, 0.1) is 5.92 Å². The van der Waals surface area contributed by atoms with E-state index in [1.54, 1.807) is 17.5 Å². The first-order valence-corrected chi connectivity index (χ1v) is 10.6. The molecule has 0 spiro atoms. The molecule has 2 N–H and O–H groups in total. The van der Waals surface area contributed by atoms with E-state index >= 15 is 0 Å². The van der Waals surface area contributed by atoms with Gasteiger partial charge in [0.15, 0.2) is 0 Å². The standard InChI is InChI=1S/C23H25N3OS/c24-15-22(27)26(16-21-25-12-13-28-21)23-19(14-17-6-2-1-3-7-17)11-10-18-8-4-5-9-20(18)23/h1-9,12-13,19,23H,10-11,14-16,24H2/t19-,23-/m0/s1. The lowest BCUT2D eigenvalue weighted by Gasteiger charge is -2.41. The monoisotopic (exact) mass is 391 g/mol. The number of aromatic nitrogens is 1. The van der Waals surface area contributed by atoms with Crippen LogP contribution in [0.4, 0.5) is 0 Å². The molecule has 2 atom stereocenters.